The van der Waals surface area contributed by atoms with Crippen molar-refractivity contribution >= 4 is 11.8 Å². The second-order valence-electron chi connectivity index (χ2n) is 8.09. The Labute approximate surface area is 190 Å². The van der Waals surface area contributed by atoms with Crippen LogP contribution in [0.5, 0.6) is 11.5 Å². The molecule has 0 aliphatic carbocycles. The summed E-state index contributed by atoms with van der Waals surface area (Å²) in [5.74, 6) is 0.718. The molecule has 1 N–H and O–H groups in total. The number of carbonyl (C=O) groups is 2. The number of benzene rings is 2. The van der Waals surface area contributed by atoms with E-state index >= 15 is 0 Å². The third kappa shape index (κ3) is 3.52. The third-order valence-corrected chi connectivity index (χ3v) is 6.27. The Balaban J connectivity index is 1.40. The molecular weight excluding hydrogens is 424 g/mol. The van der Waals surface area contributed by atoms with Gasteiger partial charge >= 0.3 is 0 Å². The van der Waals surface area contributed by atoms with Gasteiger partial charge in [-0.2, -0.15) is 0 Å². The molecule has 2 aliphatic rings. The van der Waals surface area contributed by atoms with Crippen molar-refractivity contribution in [2.24, 2.45) is 0 Å². The molecule has 0 unspecified atom stereocenters. The summed E-state index contributed by atoms with van der Waals surface area (Å²) in [5.41, 5.74) is -0.570. The molecular formula is C25H24N2O6. The number of rotatable bonds is 4. The van der Waals surface area contributed by atoms with Crippen molar-refractivity contribution in [2.45, 2.75) is 11.7 Å². The maximum absolute atomic E-state index is 13.6. The van der Waals surface area contributed by atoms with Crippen LogP contribution < -0.4 is 9.47 Å². The molecule has 1 fully saturated rings. The molecule has 0 spiro atoms. The van der Waals surface area contributed by atoms with Crippen molar-refractivity contribution in [2.75, 3.05) is 33.3 Å². The number of furan rings is 1. The van der Waals surface area contributed by atoms with Crippen LogP contribution in [0.1, 0.15) is 21.7 Å². The van der Waals surface area contributed by atoms with Gasteiger partial charge in [0.2, 0.25) is 6.10 Å². The molecule has 8 heteroatoms. The van der Waals surface area contributed by atoms with Crippen molar-refractivity contribution < 1.29 is 28.6 Å². The van der Waals surface area contributed by atoms with Crippen molar-refractivity contribution in [3.05, 3.63) is 83.8 Å². The second-order valence-corrected chi connectivity index (χ2v) is 8.09. The lowest BCUT2D eigenvalue weighted by Crippen LogP contribution is -2.57. The van der Waals surface area contributed by atoms with Crippen molar-refractivity contribution in [3.63, 3.8) is 0 Å². The molecule has 5 rings (SSSR count). The van der Waals surface area contributed by atoms with E-state index in [0.717, 1.165) is 0 Å². The largest absolute Gasteiger partial charge is 0.497 e. The Bertz CT molecular complexity index is 1150. The van der Waals surface area contributed by atoms with Gasteiger partial charge in [0, 0.05) is 37.8 Å². The number of fused-ring (bicyclic) bond motifs is 1. The molecule has 0 saturated carbocycles. The van der Waals surface area contributed by atoms with Crippen LogP contribution in [0.4, 0.5) is 0 Å². The Morgan fingerprint density at radius 3 is 2.39 bits per heavy atom. The van der Waals surface area contributed by atoms with Gasteiger partial charge in [-0.05, 0) is 29.8 Å². The monoisotopic (exact) mass is 448 g/mol. The summed E-state index contributed by atoms with van der Waals surface area (Å²) in [6.45, 7) is 1.39. The third-order valence-electron chi connectivity index (χ3n) is 6.27. The summed E-state index contributed by atoms with van der Waals surface area (Å²) < 4.78 is 16.5. The van der Waals surface area contributed by atoms with Crippen LogP contribution in [0.3, 0.4) is 0 Å². The molecule has 8 nitrogen and oxygen atoms in total. The minimum absolute atomic E-state index is 0.204. The lowest BCUT2D eigenvalue weighted by molar-refractivity contribution is -0.148. The fraction of sp³-hybridized carbons (Fsp3) is 0.280. The van der Waals surface area contributed by atoms with E-state index in [0.29, 0.717) is 48.8 Å². The van der Waals surface area contributed by atoms with E-state index in [-0.39, 0.29) is 17.6 Å². The lowest BCUT2D eigenvalue weighted by atomic mass is 9.82. The molecule has 2 amide bonds. The van der Waals surface area contributed by atoms with Crippen molar-refractivity contribution in [3.8, 4) is 11.5 Å². The van der Waals surface area contributed by atoms with Crippen molar-refractivity contribution in [1.82, 2.24) is 9.80 Å². The predicted octanol–water partition coefficient (Wildman–Crippen LogP) is 2.27. The summed E-state index contributed by atoms with van der Waals surface area (Å²) in [4.78, 5) is 29.4. The number of carbonyl (C=O) groups excluding carboxylic acids is 2. The van der Waals surface area contributed by atoms with E-state index in [1.54, 1.807) is 59.4 Å². The van der Waals surface area contributed by atoms with Crippen LogP contribution >= 0.6 is 0 Å². The summed E-state index contributed by atoms with van der Waals surface area (Å²) >= 11 is 0. The standard InChI is InChI=1S/C25H24N2O6/c1-31-18-9-10-19-21(16-18)33-22(25(19,30)17-6-3-2-4-7-17)24(29)27-13-11-26(12-14-27)23(28)20-8-5-15-32-20/h2-10,15-16,22,30H,11-14H2,1H3/t22-,25+/m1/s1. The number of methoxy groups -OCH3 is 1. The first-order valence-electron chi connectivity index (χ1n) is 10.8. The summed E-state index contributed by atoms with van der Waals surface area (Å²) in [5, 5.41) is 11.9. The molecule has 1 aromatic heterocycles. The second kappa shape index (κ2) is 8.29. The van der Waals surface area contributed by atoms with Crippen LogP contribution in [0, 0.1) is 0 Å². The maximum Gasteiger partial charge on any atom is 0.289 e. The van der Waals surface area contributed by atoms with Gasteiger partial charge in [-0.15, -0.1) is 0 Å². The van der Waals surface area contributed by atoms with Gasteiger partial charge in [-0.3, -0.25) is 9.59 Å². The molecule has 3 heterocycles. The Kier molecular flexibility index (Phi) is 5.30. The fourth-order valence-corrected chi connectivity index (χ4v) is 4.48. The molecule has 2 aliphatic heterocycles. The zero-order chi connectivity index (χ0) is 23.0. The van der Waals surface area contributed by atoms with Crippen molar-refractivity contribution in [1.29, 1.82) is 0 Å². The summed E-state index contributed by atoms with van der Waals surface area (Å²) in [6, 6.07) is 17.5. The number of aliphatic hydroxyl groups is 1. The quantitative estimate of drug-likeness (QED) is 0.658. The van der Waals surface area contributed by atoms with Crippen LogP contribution in [0.2, 0.25) is 0 Å². The zero-order valence-electron chi connectivity index (χ0n) is 18.1. The highest BCUT2D eigenvalue weighted by Gasteiger charge is 2.54. The first-order valence-corrected chi connectivity index (χ1v) is 10.8. The molecule has 2 atom stereocenters. The average Bonchev–Trinajstić information content (AvgIpc) is 3.51. The van der Waals surface area contributed by atoms with E-state index in [1.807, 2.05) is 18.2 Å². The van der Waals surface area contributed by atoms with Crippen LogP contribution in [0.25, 0.3) is 0 Å². The number of hydrogen-bond donors (Lipinski definition) is 1. The highest BCUT2D eigenvalue weighted by Crippen LogP contribution is 2.47. The Morgan fingerprint density at radius 1 is 1.00 bits per heavy atom. The maximum atomic E-state index is 13.6. The molecule has 170 valence electrons. The van der Waals surface area contributed by atoms with E-state index in [9.17, 15) is 14.7 Å². The van der Waals surface area contributed by atoms with E-state index in [4.69, 9.17) is 13.9 Å². The Hall–Kier alpha value is -3.78. The molecule has 33 heavy (non-hydrogen) atoms. The topological polar surface area (TPSA) is 92.5 Å². The van der Waals surface area contributed by atoms with Gasteiger partial charge < -0.3 is 28.8 Å². The minimum Gasteiger partial charge on any atom is -0.497 e. The summed E-state index contributed by atoms with van der Waals surface area (Å²) in [6.07, 6.45) is 0.302. The minimum atomic E-state index is -1.65. The highest BCUT2D eigenvalue weighted by atomic mass is 16.5. The Morgan fingerprint density at radius 2 is 1.73 bits per heavy atom. The first-order chi connectivity index (χ1) is 16.0. The smallest absolute Gasteiger partial charge is 0.289 e. The van der Waals surface area contributed by atoms with Gasteiger partial charge in [-0.1, -0.05) is 30.3 Å². The fourth-order valence-electron chi connectivity index (χ4n) is 4.48. The van der Waals surface area contributed by atoms with Crippen LogP contribution in [-0.4, -0.2) is 66.1 Å². The first kappa shape index (κ1) is 21.1. The number of amides is 2. The average molecular weight is 448 g/mol. The number of ether oxygens (including phenoxy) is 2. The normalized spacial score (nSPS) is 21.9. The molecule has 0 bridgehead atoms. The van der Waals surface area contributed by atoms with Gasteiger partial charge in [0.1, 0.15) is 11.5 Å². The van der Waals surface area contributed by atoms with Gasteiger partial charge in [0.25, 0.3) is 11.8 Å². The van der Waals surface area contributed by atoms with Crippen LogP contribution in [-0.2, 0) is 10.4 Å². The van der Waals surface area contributed by atoms with Gasteiger partial charge in [0.15, 0.2) is 11.4 Å². The lowest BCUT2D eigenvalue weighted by Gasteiger charge is -2.37. The predicted molar refractivity (Wildman–Crippen MR) is 118 cm³/mol. The summed E-state index contributed by atoms with van der Waals surface area (Å²) in [7, 11) is 1.55. The number of nitrogens with zero attached hydrogens (tertiary/aromatic N) is 2. The zero-order valence-corrected chi connectivity index (χ0v) is 18.1. The van der Waals surface area contributed by atoms with E-state index in [1.165, 1.54) is 6.26 Å². The molecule has 1 saturated heterocycles. The highest BCUT2D eigenvalue weighted by molar-refractivity contribution is 5.92. The number of piperazine rings is 1. The van der Waals surface area contributed by atoms with Crippen LogP contribution in [0.15, 0.2) is 71.3 Å². The van der Waals surface area contributed by atoms with E-state index in [2.05, 4.69) is 0 Å². The molecule has 2 aromatic carbocycles. The van der Waals surface area contributed by atoms with Gasteiger partial charge in [-0.25, -0.2) is 0 Å². The van der Waals surface area contributed by atoms with Gasteiger partial charge in [0.05, 0.1) is 13.4 Å². The number of hydrogen-bond acceptors (Lipinski definition) is 6. The molecule has 3 aromatic rings. The van der Waals surface area contributed by atoms with E-state index < -0.39 is 11.7 Å². The molecule has 0 radical (unpaired) electrons. The SMILES string of the molecule is COc1ccc2c(c1)O[C@H](C(=O)N1CCN(C(=O)c3ccco3)CC1)[C@]2(O)c1ccccc1.